The number of guanidine groups is 1. The van der Waals surface area contributed by atoms with Crippen LogP contribution in [0.4, 0.5) is 19.0 Å². The third kappa shape index (κ3) is 7.66. The summed E-state index contributed by atoms with van der Waals surface area (Å²) < 4.78 is 37.3. The van der Waals surface area contributed by atoms with E-state index in [0.717, 1.165) is 44.6 Å². The Kier molecular flexibility index (Phi) is 9.30. The molecule has 0 aliphatic carbocycles. The lowest BCUT2D eigenvalue weighted by Crippen LogP contribution is -2.38. The number of aromatic nitrogens is 1. The molecule has 0 saturated carbocycles. The van der Waals surface area contributed by atoms with Crippen molar-refractivity contribution in [3.05, 3.63) is 23.9 Å². The molecule has 1 aliphatic rings. The Labute approximate surface area is 163 Å². The van der Waals surface area contributed by atoms with E-state index in [1.165, 1.54) is 18.9 Å². The van der Waals surface area contributed by atoms with Gasteiger partial charge in [0.25, 0.3) is 0 Å². The molecule has 0 spiro atoms. The van der Waals surface area contributed by atoms with Gasteiger partial charge in [0.1, 0.15) is 5.82 Å². The van der Waals surface area contributed by atoms with Crippen molar-refractivity contribution in [1.29, 1.82) is 0 Å². The molecule has 9 heteroatoms. The predicted molar refractivity (Wildman–Crippen MR) is 104 cm³/mol. The highest BCUT2D eigenvalue weighted by Crippen LogP contribution is 2.28. The fourth-order valence-corrected chi connectivity index (χ4v) is 2.56. The predicted octanol–water partition coefficient (Wildman–Crippen LogP) is 3.71. The zero-order valence-electron chi connectivity index (χ0n) is 14.1. The Morgan fingerprint density at radius 1 is 1.20 bits per heavy atom. The average molecular weight is 471 g/mol. The number of nitrogens with one attached hydrogen (secondary N) is 1. The maximum absolute atomic E-state index is 12.4. The molecule has 0 atom stereocenters. The average Bonchev–Trinajstić information content (AvgIpc) is 2.83. The summed E-state index contributed by atoms with van der Waals surface area (Å²) >= 11 is 0. The van der Waals surface area contributed by atoms with Crippen LogP contribution >= 0.6 is 24.0 Å². The molecule has 25 heavy (non-hydrogen) atoms. The number of rotatable bonds is 5. The molecule has 0 amide bonds. The Hall–Kier alpha value is -1.26. The van der Waals surface area contributed by atoms with Gasteiger partial charge < -0.3 is 16.0 Å². The first-order chi connectivity index (χ1) is 11.5. The maximum atomic E-state index is 12.4. The molecule has 1 fully saturated rings. The number of likely N-dealkylation sites (tertiary alicyclic amines) is 1. The smallest absolute Gasteiger partial charge is 0.370 e. The first-order valence-corrected chi connectivity index (χ1v) is 8.29. The van der Waals surface area contributed by atoms with Crippen molar-refractivity contribution >= 4 is 35.8 Å². The molecular formula is C16H25F3IN5. The van der Waals surface area contributed by atoms with Crippen LogP contribution in [0.15, 0.2) is 23.3 Å². The largest absolute Gasteiger partial charge is 0.417 e. The normalized spacial score (nSPS) is 16.1. The van der Waals surface area contributed by atoms with Crippen molar-refractivity contribution in [2.75, 3.05) is 31.5 Å². The van der Waals surface area contributed by atoms with Crippen LogP contribution in [0, 0.1) is 0 Å². The lowest BCUT2D eigenvalue weighted by Gasteiger charge is -2.21. The molecule has 1 aromatic rings. The minimum atomic E-state index is -4.36. The second-order valence-electron chi connectivity index (χ2n) is 5.85. The van der Waals surface area contributed by atoms with Gasteiger partial charge >= 0.3 is 6.18 Å². The molecule has 2 heterocycles. The first-order valence-electron chi connectivity index (χ1n) is 8.29. The monoisotopic (exact) mass is 471 g/mol. The second kappa shape index (κ2) is 10.7. The molecule has 0 aromatic carbocycles. The molecule has 142 valence electrons. The van der Waals surface area contributed by atoms with Gasteiger partial charge in [-0.05, 0) is 31.4 Å². The van der Waals surface area contributed by atoms with Gasteiger partial charge in [0.2, 0.25) is 0 Å². The van der Waals surface area contributed by atoms with E-state index < -0.39 is 11.7 Å². The number of nitrogens with two attached hydrogens (primary N) is 1. The standard InChI is InChI=1S/C16H24F3N5.HI/c17-16(18,19)13-6-7-14(23-12-13)21-8-5-9-22-15(20)24-10-3-1-2-4-11-24;/h6-7,12H,1-5,8-11H2,(H2,20,22)(H,21,23);1H. The van der Waals surface area contributed by atoms with Crippen LogP contribution in [-0.2, 0) is 6.18 Å². The molecule has 3 N–H and O–H groups in total. The van der Waals surface area contributed by atoms with E-state index in [1.54, 1.807) is 0 Å². The van der Waals surface area contributed by atoms with Gasteiger partial charge in [-0.25, -0.2) is 4.98 Å². The van der Waals surface area contributed by atoms with E-state index in [2.05, 4.69) is 20.2 Å². The summed E-state index contributed by atoms with van der Waals surface area (Å²) in [5.74, 6) is 1.01. The topological polar surface area (TPSA) is 66.5 Å². The van der Waals surface area contributed by atoms with Crippen molar-refractivity contribution in [2.45, 2.75) is 38.3 Å². The van der Waals surface area contributed by atoms with Crippen molar-refractivity contribution in [2.24, 2.45) is 10.7 Å². The lowest BCUT2D eigenvalue weighted by atomic mass is 10.2. The van der Waals surface area contributed by atoms with Gasteiger partial charge in [0.05, 0.1) is 5.56 Å². The van der Waals surface area contributed by atoms with Gasteiger partial charge in [-0.15, -0.1) is 24.0 Å². The third-order valence-corrected chi connectivity index (χ3v) is 3.94. The number of aliphatic imine (C=N–C) groups is 1. The number of hydrogen-bond acceptors (Lipinski definition) is 3. The Morgan fingerprint density at radius 2 is 1.88 bits per heavy atom. The van der Waals surface area contributed by atoms with Crippen LogP contribution in [0.25, 0.3) is 0 Å². The molecule has 5 nitrogen and oxygen atoms in total. The van der Waals surface area contributed by atoms with Crippen LogP contribution in [0.1, 0.15) is 37.7 Å². The fraction of sp³-hybridized carbons (Fsp3) is 0.625. The highest BCUT2D eigenvalue weighted by Gasteiger charge is 2.30. The number of alkyl halides is 3. The summed E-state index contributed by atoms with van der Waals surface area (Å²) in [7, 11) is 0. The van der Waals surface area contributed by atoms with Crippen LogP contribution in [-0.4, -0.2) is 42.0 Å². The minimum absolute atomic E-state index is 0. The number of hydrogen-bond donors (Lipinski definition) is 2. The molecule has 1 aromatic heterocycles. The molecule has 2 rings (SSSR count). The number of halogens is 4. The molecule has 0 unspecified atom stereocenters. The molecule has 0 radical (unpaired) electrons. The quantitative estimate of drug-likeness (QED) is 0.298. The van der Waals surface area contributed by atoms with Gasteiger partial charge in [-0.2, -0.15) is 13.2 Å². The van der Waals surface area contributed by atoms with E-state index in [9.17, 15) is 13.2 Å². The van der Waals surface area contributed by atoms with Gasteiger partial charge in [-0.3, -0.25) is 4.99 Å². The summed E-state index contributed by atoms with van der Waals surface area (Å²) in [6.45, 7) is 3.08. The maximum Gasteiger partial charge on any atom is 0.417 e. The van der Waals surface area contributed by atoms with E-state index in [4.69, 9.17) is 5.73 Å². The van der Waals surface area contributed by atoms with Gasteiger partial charge in [0.15, 0.2) is 5.96 Å². The van der Waals surface area contributed by atoms with E-state index in [0.29, 0.717) is 24.9 Å². The Morgan fingerprint density at radius 3 is 2.44 bits per heavy atom. The van der Waals surface area contributed by atoms with Crippen molar-refractivity contribution < 1.29 is 13.2 Å². The van der Waals surface area contributed by atoms with Crippen molar-refractivity contribution in [3.63, 3.8) is 0 Å². The minimum Gasteiger partial charge on any atom is -0.370 e. The van der Waals surface area contributed by atoms with Crippen LogP contribution in [0.3, 0.4) is 0 Å². The third-order valence-electron chi connectivity index (χ3n) is 3.94. The van der Waals surface area contributed by atoms with E-state index in [1.807, 2.05) is 0 Å². The number of anilines is 1. The zero-order valence-corrected chi connectivity index (χ0v) is 16.4. The highest BCUT2D eigenvalue weighted by atomic mass is 127. The summed E-state index contributed by atoms with van der Waals surface area (Å²) in [5, 5.41) is 2.98. The molecule has 1 aliphatic heterocycles. The Balaban J connectivity index is 0.00000312. The number of pyridine rings is 1. The van der Waals surface area contributed by atoms with Gasteiger partial charge in [0, 0.05) is 32.4 Å². The van der Waals surface area contributed by atoms with Crippen LogP contribution in [0.2, 0.25) is 0 Å². The number of nitrogens with zero attached hydrogens (tertiary/aromatic N) is 3. The summed E-state index contributed by atoms with van der Waals surface area (Å²) in [5.41, 5.74) is 5.26. The van der Waals surface area contributed by atoms with Crippen molar-refractivity contribution in [3.8, 4) is 0 Å². The lowest BCUT2D eigenvalue weighted by molar-refractivity contribution is -0.137. The Bertz CT molecular complexity index is 526. The van der Waals surface area contributed by atoms with Crippen LogP contribution < -0.4 is 11.1 Å². The fourth-order valence-electron chi connectivity index (χ4n) is 2.56. The summed E-state index contributed by atoms with van der Waals surface area (Å²) in [4.78, 5) is 10.3. The molecular weight excluding hydrogens is 446 g/mol. The second-order valence-corrected chi connectivity index (χ2v) is 5.85. The van der Waals surface area contributed by atoms with Gasteiger partial charge in [-0.1, -0.05) is 12.8 Å². The summed E-state index contributed by atoms with van der Waals surface area (Å²) in [6.07, 6.45) is 2.00. The van der Waals surface area contributed by atoms with Crippen molar-refractivity contribution in [1.82, 2.24) is 9.88 Å². The van der Waals surface area contributed by atoms with E-state index in [-0.39, 0.29) is 24.0 Å². The molecule has 1 saturated heterocycles. The first kappa shape index (κ1) is 21.8. The summed E-state index contributed by atoms with van der Waals surface area (Å²) in [6, 6.07) is 2.35. The zero-order chi connectivity index (χ0) is 17.4. The molecule has 0 bridgehead atoms. The highest BCUT2D eigenvalue weighted by molar-refractivity contribution is 14.0. The van der Waals surface area contributed by atoms with E-state index >= 15 is 0 Å². The van der Waals surface area contributed by atoms with Crippen LogP contribution in [0.5, 0.6) is 0 Å². The SMILES string of the molecule is I.NC(=NCCCNc1ccc(C(F)(F)F)cn1)N1CCCCCC1.